The van der Waals surface area contributed by atoms with Crippen LogP contribution in [-0.4, -0.2) is 33.3 Å². The molecule has 1 aliphatic rings. The molecule has 1 aromatic rings. The maximum atomic E-state index is 10.5. The first-order valence-corrected chi connectivity index (χ1v) is 5.77. The fourth-order valence-electron chi connectivity index (χ4n) is 1.85. The minimum absolute atomic E-state index is 0.114. The predicted molar refractivity (Wildman–Crippen MR) is 70.6 cm³/mol. The van der Waals surface area contributed by atoms with Crippen LogP contribution in [0.5, 0.6) is 23.0 Å². The van der Waals surface area contributed by atoms with Gasteiger partial charge in [-0.15, -0.1) is 0 Å². The van der Waals surface area contributed by atoms with Crippen LogP contribution in [0.1, 0.15) is 5.56 Å². The molecule has 1 aromatic carbocycles. The number of carbonyl (C=O) groups excluding carboxylic acids is 1. The molecule has 0 atom stereocenters. The molecular formula is C12H15N3O5. The highest BCUT2D eigenvalue weighted by Crippen LogP contribution is 2.49. The van der Waals surface area contributed by atoms with E-state index in [9.17, 15) is 4.79 Å². The number of hydrazone groups is 1. The number of hydrogen-bond donors (Lipinski definition) is 2. The van der Waals surface area contributed by atoms with Crippen LogP contribution >= 0.6 is 0 Å². The lowest BCUT2D eigenvalue weighted by molar-refractivity contribution is 0.168. The van der Waals surface area contributed by atoms with Gasteiger partial charge in [-0.1, -0.05) is 0 Å². The van der Waals surface area contributed by atoms with E-state index in [0.29, 0.717) is 29.4 Å². The van der Waals surface area contributed by atoms with Crippen LogP contribution in [0.3, 0.4) is 0 Å². The SMILES string of the molecule is COc1cc(C/C=N\NC(N)=O)c(OC)c2c1OCO2. The van der Waals surface area contributed by atoms with Crippen molar-refractivity contribution in [3.8, 4) is 23.0 Å². The number of amides is 2. The highest BCUT2D eigenvalue weighted by molar-refractivity contribution is 5.74. The topological polar surface area (TPSA) is 104 Å². The second-order valence-corrected chi connectivity index (χ2v) is 3.83. The van der Waals surface area contributed by atoms with Gasteiger partial charge in [-0.3, -0.25) is 0 Å². The Morgan fingerprint density at radius 2 is 2.20 bits per heavy atom. The summed E-state index contributed by atoms with van der Waals surface area (Å²) in [5, 5.41) is 3.67. The van der Waals surface area contributed by atoms with Gasteiger partial charge in [-0.05, 0) is 6.07 Å². The zero-order valence-corrected chi connectivity index (χ0v) is 11.1. The van der Waals surface area contributed by atoms with Gasteiger partial charge in [-0.25, -0.2) is 10.2 Å². The van der Waals surface area contributed by atoms with Crippen LogP contribution in [0.25, 0.3) is 0 Å². The molecule has 2 rings (SSSR count). The molecule has 0 spiro atoms. The Morgan fingerprint density at radius 1 is 1.45 bits per heavy atom. The fraction of sp³-hybridized carbons (Fsp3) is 0.333. The Labute approximate surface area is 115 Å². The average Bonchev–Trinajstić information content (AvgIpc) is 2.91. The number of nitrogens with two attached hydrogens (primary N) is 1. The molecule has 0 saturated heterocycles. The molecule has 0 radical (unpaired) electrons. The van der Waals surface area contributed by atoms with Crippen molar-refractivity contribution in [2.75, 3.05) is 21.0 Å². The number of benzene rings is 1. The van der Waals surface area contributed by atoms with E-state index in [-0.39, 0.29) is 6.79 Å². The molecule has 8 nitrogen and oxygen atoms in total. The van der Waals surface area contributed by atoms with E-state index >= 15 is 0 Å². The number of primary amides is 1. The maximum Gasteiger partial charge on any atom is 0.332 e. The first-order chi connectivity index (χ1) is 9.67. The van der Waals surface area contributed by atoms with Crippen molar-refractivity contribution in [1.82, 2.24) is 5.43 Å². The molecule has 3 N–H and O–H groups in total. The number of ether oxygens (including phenoxy) is 4. The molecule has 1 heterocycles. The molecule has 20 heavy (non-hydrogen) atoms. The van der Waals surface area contributed by atoms with E-state index < -0.39 is 6.03 Å². The Bertz CT molecular complexity index is 544. The summed E-state index contributed by atoms with van der Waals surface area (Å²) < 4.78 is 21.3. The third kappa shape index (κ3) is 2.68. The van der Waals surface area contributed by atoms with E-state index in [4.69, 9.17) is 24.7 Å². The van der Waals surface area contributed by atoms with Crippen molar-refractivity contribution < 1.29 is 23.7 Å². The number of nitrogens with one attached hydrogen (secondary N) is 1. The predicted octanol–water partition coefficient (Wildman–Crippen LogP) is 0.629. The molecule has 0 bridgehead atoms. The normalized spacial score (nSPS) is 12.5. The molecule has 8 heteroatoms. The first kappa shape index (κ1) is 13.8. The highest BCUT2D eigenvalue weighted by Gasteiger charge is 2.26. The van der Waals surface area contributed by atoms with Gasteiger partial charge in [0.2, 0.25) is 18.3 Å². The van der Waals surface area contributed by atoms with Gasteiger partial charge in [0.05, 0.1) is 14.2 Å². The fourth-order valence-corrected chi connectivity index (χ4v) is 1.85. The summed E-state index contributed by atoms with van der Waals surface area (Å²) in [6.45, 7) is 0.114. The first-order valence-electron chi connectivity index (χ1n) is 5.77. The van der Waals surface area contributed by atoms with Gasteiger partial charge < -0.3 is 24.7 Å². The number of nitrogens with zero attached hydrogens (tertiary/aromatic N) is 1. The van der Waals surface area contributed by atoms with E-state index in [1.54, 1.807) is 6.07 Å². The third-order valence-corrected chi connectivity index (χ3v) is 2.64. The summed E-state index contributed by atoms with van der Waals surface area (Å²) in [7, 11) is 3.07. The summed E-state index contributed by atoms with van der Waals surface area (Å²) in [6, 6.07) is 1.04. The number of carbonyl (C=O) groups is 1. The van der Waals surface area contributed by atoms with Gasteiger partial charge >= 0.3 is 6.03 Å². The third-order valence-electron chi connectivity index (χ3n) is 2.64. The summed E-state index contributed by atoms with van der Waals surface area (Å²) >= 11 is 0. The van der Waals surface area contributed by atoms with Gasteiger partial charge in [0.25, 0.3) is 0 Å². The second-order valence-electron chi connectivity index (χ2n) is 3.83. The van der Waals surface area contributed by atoms with Gasteiger partial charge in [0.1, 0.15) is 0 Å². The number of fused-ring (bicyclic) bond motifs is 1. The van der Waals surface area contributed by atoms with Crippen LogP contribution < -0.4 is 30.1 Å². The number of rotatable bonds is 5. The Hall–Kier alpha value is -2.64. The maximum absolute atomic E-state index is 10.5. The number of urea groups is 1. The lowest BCUT2D eigenvalue weighted by atomic mass is 10.1. The average molecular weight is 281 g/mol. The molecule has 0 aliphatic carbocycles. The monoisotopic (exact) mass is 281 g/mol. The second kappa shape index (κ2) is 6.00. The lowest BCUT2D eigenvalue weighted by Gasteiger charge is -2.12. The molecular weight excluding hydrogens is 266 g/mol. The van der Waals surface area contributed by atoms with Crippen LogP contribution in [0.15, 0.2) is 11.2 Å². The van der Waals surface area contributed by atoms with Crippen molar-refractivity contribution in [2.45, 2.75) is 6.42 Å². The smallest absolute Gasteiger partial charge is 0.332 e. The van der Waals surface area contributed by atoms with E-state index in [1.165, 1.54) is 20.4 Å². The summed E-state index contributed by atoms with van der Waals surface area (Å²) in [5.74, 6) is 2.10. The van der Waals surface area contributed by atoms with Crippen LogP contribution in [0.2, 0.25) is 0 Å². The minimum Gasteiger partial charge on any atom is -0.493 e. The van der Waals surface area contributed by atoms with Crippen LogP contribution in [0, 0.1) is 0 Å². The van der Waals surface area contributed by atoms with Crippen molar-refractivity contribution >= 4 is 12.2 Å². The van der Waals surface area contributed by atoms with Crippen molar-refractivity contribution in [3.05, 3.63) is 11.6 Å². The molecule has 2 amide bonds. The number of hydrogen-bond acceptors (Lipinski definition) is 6. The molecule has 1 aliphatic heterocycles. The van der Waals surface area contributed by atoms with Gasteiger partial charge in [0, 0.05) is 18.2 Å². The van der Waals surface area contributed by atoms with E-state index in [2.05, 4.69) is 10.5 Å². The molecule has 108 valence electrons. The lowest BCUT2D eigenvalue weighted by Crippen LogP contribution is -2.24. The van der Waals surface area contributed by atoms with Crippen LogP contribution in [-0.2, 0) is 6.42 Å². The molecule has 0 unspecified atom stereocenters. The molecule has 0 aromatic heterocycles. The van der Waals surface area contributed by atoms with Crippen molar-refractivity contribution in [1.29, 1.82) is 0 Å². The van der Waals surface area contributed by atoms with Crippen molar-refractivity contribution in [2.24, 2.45) is 10.8 Å². The zero-order chi connectivity index (χ0) is 14.5. The van der Waals surface area contributed by atoms with Gasteiger partial charge in [0.15, 0.2) is 11.5 Å². The zero-order valence-electron chi connectivity index (χ0n) is 11.1. The minimum atomic E-state index is -0.725. The number of methoxy groups -OCH3 is 2. The van der Waals surface area contributed by atoms with Crippen molar-refractivity contribution in [3.63, 3.8) is 0 Å². The standard InChI is InChI=1S/C12H15N3O5/c1-17-8-5-7(3-4-14-15-12(13)16)9(18-2)11-10(8)19-6-20-11/h4-5H,3,6H2,1-2H3,(H3,13,15,16)/b14-4-. The van der Waals surface area contributed by atoms with E-state index in [0.717, 1.165) is 5.56 Å². The quantitative estimate of drug-likeness (QED) is 0.608. The molecule has 0 saturated carbocycles. The van der Waals surface area contributed by atoms with E-state index in [1.807, 2.05) is 0 Å². The van der Waals surface area contributed by atoms with Gasteiger partial charge in [-0.2, -0.15) is 5.10 Å². The Morgan fingerprint density at radius 3 is 2.85 bits per heavy atom. The largest absolute Gasteiger partial charge is 0.493 e. The summed E-state index contributed by atoms with van der Waals surface area (Å²) in [4.78, 5) is 10.5. The van der Waals surface area contributed by atoms with Crippen LogP contribution in [0.4, 0.5) is 4.79 Å². The summed E-state index contributed by atoms with van der Waals surface area (Å²) in [5.41, 5.74) is 7.80. The summed E-state index contributed by atoms with van der Waals surface area (Å²) in [6.07, 6.45) is 1.89. The Balaban J connectivity index is 2.28. The highest BCUT2D eigenvalue weighted by atomic mass is 16.7. The molecule has 0 fully saturated rings. The Kier molecular flexibility index (Phi) is 4.14.